The van der Waals surface area contributed by atoms with Gasteiger partial charge in [0.25, 0.3) is 0 Å². The molecule has 0 atom stereocenters. The number of hydrogen-bond donors (Lipinski definition) is 4. The van der Waals surface area contributed by atoms with Gasteiger partial charge >= 0.3 is 6.03 Å². The minimum atomic E-state index is -0.389. The van der Waals surface area contributed by atoms with E-state index < -0.39 is 0 Å². The van der Waals surface area contributed by atoms with Crippen molar-refractivity contribution in [3.8, 4) is 11.5 Å². The molecule has 1 aromatic heterocycles. The van der Waals surface area contributed by atoms with Gasteiger partial charge in [-0.3, -0.25) is 15.0 Å². The Morgan fingerprint density at radius 3 is 2.54 bits per heavy atom. The zero-order chi connectivity index (χ0) is 32.5. The smallest absolute Gasteiger partial charge is 0.327 e. The van der Waals surface area contributed by atoms with Crippen LogP contribution < -0.4 is 25.6 Å². The quantitative estimate of drug-likeness (QED) is 0.126. The van der Waals surface area contributed by atoms with E-state index in [1.807, 2.05) is 24.3 Å². The predicted octanol–water partition coefficient (Wildman–Crippen LogP) is 6.29. The maximum absolute atomic E-state index is 13.2. The molecule has 5 rings (SSSR count). The Hall–Kier alpha value is -4.87. The number of urea groups is 1. The minimum Gasteiger partial charge on any atom is -0.508 e. The first kappa shape index (κ1) is 32.5. The van der Waals surface area contributed by atoms with E-state index in [-0.39, 0.29) is 30.7 Å². The number of amides is 3. The van der Waals surface area contributed by atoms with Crippen LogP contribution in [0.1, 0.15) is 37.2 Å². The molecule has 46 heavy (non-hydrogen) atoms. The minimum absolute atomic E-state index is 0.181. The third kappa shape index (κ3) is 8.64. The lowest BCUT2D eigenvalue weighted by Crippen LogP contribution is -2.39. The molecule has 0 saturated heterocycles. The Kier molecular flexibility index (Phi) is 10.9. The van der Waals surface area contributed by atoms with E-state index in [4.69, 9.17) is 16.3 Å². The monoisotopic (exact) mass is 643 g/mol. The topological polar surface area (TPSA) is 132 Å². The number of rotatable bonds is 14. The second-order valence-electron chi connectivity index (χ2n) is 10.8. The van der Waals surface area contributed by atoms with E-state index in [2.05, 4.69) is 44.7 Å². The summed E-state index contributed by atoms with van der Waals surface area (Å²) in [6.45, 7) is 8.40. The number of nitrogens with zero attached hydrogens (tertiary/aromatic N) is 4. The van der Waals surface area contributed by atoms with E-state index in [0.29, 0.717) is 47.6 Å². The van der Waals surface area contributed by atoms with Crippen LogP contribution in [0, 0.1) is 0 Å². The summed E-state index contributed by atoms with van der Waals surface area (Å²) in [4.78, 5) is 38.6. The molecule has 1 aliphatic rings. The Labute approximate surface area is 273 Å². The number of carbonyl (C=O) groups excluding carboxylic acids is 2. The van der Waals surface area contributed by atoms with Gasteiger partial charge in [-0.15, -0.1) is 0 Å². The van der Waals surface area contributed by atoms with Crippen molar-refractivity contribution >= 4 is 46.4 Å². The van der Waals surface area contributed by atoms with Crippen molar-refractivity contribution in [2.75, 3.05) is 47.1 Å². The van der Waals surface area contributed by atoms with Gasteiger partial charge in [-0.2, -0.15) is 0 Å². The van der Waals surface area contributed by atoms with Gasteiger partial charge < -0.3 is 25.4 Å². The molecule has 2 heterocycles. The molecular weight excluding hydrogens is 606 g/mol. The van der Waals surface area contributed by atoms with Crippen molar-refractivity contribution in [3.05, 3.63) is 94.9 Å². The standard InChI is InChI=1S/C34H38ClN7O4/c1-3-41(4-2)17-18-46-28-13-8-25(9-14-28)36-21-31-37-20-24-22-42(34(45)40-33(24)39-31)30-19-26(10-15-29(30)35)38-32(44)16-7-23-5-11-27(43)12-6-23/h5-6,8-15,19-20,36,43H,3-4,7,16-18,21-22H2,1-2H3,(H,38,44)(H,37,39,40,45). The highest BCUT2D eigenvalue weighted by Gasteiger charge is 2.27. The van der Waals surface area contributed by atoms with Crippen LogP contribution in [0.2, 0.25) is 5.02 Å². The number of phenolic OH excluding ortho intramolecular Hbond substituents is 1. The lowest BCUT2D eigenvalue weighted by atomic mass is 10.1. The number of phenols is 1. The highest BCUT2D eigenvalue weighted by atomic mass is 35.5. The maximum atomic E-state index is 13.2. The van der Waals surface area contributed by atoms with E-state index in [0.717, 1.165) is 42.2 Å². The fourth-order valence-electron chi connectivity index (χ4n) is 4.98. The number of aromatic nitrogens is 2. The average molecular weight is 644 g/mol. The molecule has 4 N–H and O–H groups in total. The SMILES string of the molecule is CCN(CC)CCOc1ccc(NCc2ncc3c(n2)NC(=O)N(c2cc(NC(=O)CCc4ccc(O)cc4)ccc2Cl)C3)cc1. The molecule has 0 aliphatic carbocycles. The summed E-state index contributed by atoms with van der Waals surface area (Å²) in [5.74, 6) is 1.79. The molecule has 0 spiro atoms. The number of aryl methyl sites for hydroxylation is 1. The highest BCUT2D eigenvalue weighted by molar-refractivity contribution is 6.34. The number of hydrogen-bond acceptors (Lipinski definition) is 8. The number of halogens is 1. The van der Waals surface area contributed by atoms with Crippen LogP contribution in [0.5, 0.6) is 11.5 Å². The molecule has 12 heteroatoms. The van der Waals surface area contributed by atoms with Gasteiger partial charge in [0.2, 0.25) is 5.91 Å². The van der Waals surface area contributed by atoms with Crippen LogP contribution >= 0.6 is 11.6 Å². The van der Waals surface area contributed by atoms with Crippen molar-refractivity contribution in [1.82, 2.24) is 14.9 Å². The Balaban J connectivity index is 1.15. The van der Waals surface area contributed by atoms with Crippen LogP contribution in [0.4, 0.5) is 27.7 Å². The first-order valence-corrected chi connectivity index (χ1v) is 15.7. The fraction of sp³-hybridized carbons (Fsp3) is 0.294. The highest BCUT2D eigenvalue weighted by Crippen LogP contribution is 2.33. The van der Waals surface area contributed by atoms with E-state index in [1.165, 1.54) is 4.90 Å². The Morgan fingerprint density at radius 1 is 1.07 bits per heavy atom. The lowest BCUT2D eigenvalue weighted by Gasteiger charge is -2.29. The maximum Gasteiger partial charge on any atom is 0.327 e. The number of nitrogens with one attached hydrogen (secondary N) is 3. The van der Waals surface area contributed by atoms with Crippen molar-refractivity contribution in [2.45, 2.75) is 39.8 Å². The lowest BCUT2D eigenvalue weighted by molar-refractivity contribution is -0.116. The molecular formula is C34H38ClN7O4. The van der Waals surface area contributed by atoms with Crippen LogP contribution in [0.15, 0.2) is 72.9 Å². The number of likely N-dealkylation sites (N-methyl/N-ethyl adjacent to an activating group) is 1. The van der Waals surface area contributed by atoms with Gasteiger partial charge in [0, 0.05) is 36.1 Å². The predicted molar refractivity (Wildman–Crippen MR) is 181 cm³/mol. The van der Waals surface area contributed by atoms with Gasteiger partial charge in [0.05, 0.1) is 23.8 Å². The van der Waals surface area contributed by atoms with Gasteiger partial charge in [-0.1, -0.05) is 37.6 Å². The zero-order valence-electron chi connectivity index (χ0n) is 25.9. The zero-order valence-corrected chi connectivity index (χ0v) is 26.7. The van der Waals surface area contributed by atoms with Crippen LogP contribution in [0.25, 0.3) is 0 Å². The number of benzene rings is 3. The number of fused-ring (bicyclic) bond motifs is 1. The molecule has 0 bridgehead atoms. The summed E-state index contributed by atoms with van der Waals surface area (Å²) in [5, 5.41) is 18.8. The Bertz CT molecular complexity index is 1650. The Morgan fingerprint density at radius 2 is 1.80 bits per heavy atom. The van der Waals surface area contributed by atoms with Gasteiger partial charge in [0.15, 0.2) is 0 Å². The van der Waals surface area contributed by atoms with Crippen molar-refractivity contribution in [1.29, 1.82) is 0 Å². The van der Waals surface area contributed by atoms with Crippen LogP contribution in [-0.4, -0.2) is 58.2 Å². The number of anilines is 4. The first-order chi connectivity index (χ1) is 22.3. The number of carbonyl (C=O) groups is 2. The van der Waals surface area contributed by atoms with Crippen LogP contribution in [-0.2, 0) is 24.3 Å². The van der Waals surface area contributed by atoms with Gasteiger partial charge in [-0.25, -0.2) is 14.8 Å². The molecule has 0 fully saturated rings. The molecule has 0 radical (unpaired) electrons. The van der Waals surface area contributed by atoms with E-state index in [9.17, 15) is 14.7 Å². The van der Waals surface area contributed by atoms with Crippen molar-refractivity contribution in [2.24, 2.45) is 0 Å². The van der Waals surface area contributed by atoms with E-state index in [1.54, 1.807) is 48.7 Å². The number of ether oxygens (including phenoxy) is 1. The fourth-order valence-corrected chi connectivity index (χ4v) is 5.20. The van der Waals surface area contributed by atoms with Gasteiger partial charge in [-0.05, 0) is 79.7 Å². The molecule has 11 nitrogen and oxygen atoms in total. The molecule has 4 aromatic rings. The second kappa shape index (κ2) is 15.4. The molecule has 3 aromatic carbocycles. The molecule has 1 aliphatic heterocycles. The molecule has 240 valence electrons. The summed E-state index contributed by atoms with van der Waals surface area (Å²) < 4.78 is 5.86. The van der Waals surface area contributed by atoms with Gasteiger partial charge in [0.1, 0.15) is 29.7 Å². The van der Waals surface area contributed by atoms with Crippen molar-refractivity contribution in [3.63, 3.8) is 0 Å². The summed E-state index contributed by atoms with van der Waals surface area (Å²) in [5.41, 5.74) is 3.54. The summed E-state index contributed by atoms with van der Waals surface area (Å²) in [6.07, 6.45) is 2.47. The normalized spacial score (nSPS) is 12.4. The number of aromatic hydroxyl groups is 1. The van der Waals surface area contributed by atoms with Crippen molar-refractivity contribution < 1.29 is 19.4 Å². The molecule has 0 saturated carbocycles. The molecule has 0 unspecified atom stereocenters. The second-order valence-corrected chi connectivity index (χ2v) is 11.2. The summed E-state index contributed by atoms with van der Waals surface area (Å²) >= 11 is 6.49. The third-order valence-corrected chi connectivity index (χ3v) is 8.01. The van der Waals surface area contributed by atoms with Crippen LogP contribution in [0.3, 0.4) is 0 Å². The average Bonchev–Trinajstić information content (AvgIpc) is 3.06. The summed E-state index contributed by atoms with van der Waals surface area (Å²) in [7, 11) is 0. The van der Waals surface area contributed by atoms with E-state index >= 15 is 0 Å². The first-order valence-electron chi connectivity index (χ1n) is 15.3. The summed E-state index contributed by atoms with van der Waals surface area (Å²) in [6, 6.07) is 19.1. The molecule has 3 amide bonds. The third-order valence-electron chi connectivity index (χ3n) is 7.69. The largest absolute Gasteiger partial charge is 0.508 e.